The second kappa shape index (κ2) is 6.19. The first-order valence-corrected chi connectivity index (χ1v) is 8.04. The molecule has 1 aliphatic rings. The molecule has 0 aromatic heterocycles. The predicted octanol–water partition coefficient (Wildman–Crippen LogP) is 4.08. The summed E-state index contributed by atoms with van der Waals surface area (Å²) < 4.78 is 19.5. The average Bonchev–Trinajstić information content (AvgIpc) is 2.88. The fourth-order valence-corrected chi connectivity index (χ4v) is 2.86. The number of carbonyl (C=O) groups excluding carboxylic acids is 1. The van der Waals surface area contributed by atoms with Crippen LogP contribution in [0.3, 0.4) is 0 Å². The third-order valence-electron chi connectivity index (χ3n) is 4.44. The summed E-state index contributed by atoms with van der Waals surface area (Å²) in [7, 11) is 0. The first kappa shape index (κ1) is 16.4. The topological polar surface area (TPSA) is 38.7 Å². The number of hydrogen-bond donors (Lipinski definition) is 0. The van der Waals surface area contributed by atoms with Gasteiger partial charge in [-0.2, -0.15) is 4.99 Å². The zero-order chi connectivity index (χ0) is 17.3. The molecule has 24 heavy (non-hydrogen) atoms. The Hall–Kier alpha value is -2.49. The van der Waals surface area contributed by atoms with Gasteiger partial charge in [-0.3, -0.25) is 4.79 Å². The standard InChI is InChI=1S/C20H20FNO2/c1-13(2)20(12-15-9-7-14(3)8-10-15)19(23)22-18(24-20)16-5-4-6-17(21)11-16/h4-11,13H,12H2,1-3H3/t20-/m1/s1. The second-order valence-corrected chi connectivity index (χ2v) is 6.54. The van der Waals surface area contributed by atoms with Crippen molar-refractivity contribution in [3.05, 3.63) is 71.0 Å². The average molecular weight is 325 g/mol. The summed E-state index contributed by atoms with van der Waals surface area (Å²) >= 11 is 0. The van der Waals surface area contributed by atoms with E-state index in [-0.39, 0.29) is 23.5 Å². The lowest BCUT2D eigenvalue weighted by Gasteiger charge is -2.30. The van der Waals surface area contributed by atoms with Crippen LogP contribution in [-0.2, 0) is 16.0 Å². The van der Waals surface area contributed by atoms with Crippen LogP contribution in [0.15, 0.2) is 53.5 Å². The van der Waals surface area contributed by atoms with Crippen LogP contribution in [0.5, 0.6) is 0 Å². The van der Waals surface area contributed by atoms with Gasteiger partial charge in [-0.1, -0.05) is 49.7 Å². The van der Waals surface area contributed by atoms with Gasteiger partial charge in [0, 0.05) is 17.9 Å². The van der Waals surface area contributed by atoms with Crippen molar-refractivity contribution < 1.29 is 13.9 Å². The van der Waals surface area contributed by atoms with E-state index in [0.717, 1.165) is 11.1 Å². The monoisotopic (exact) mass is 325 g/mol. The molecule has 0 fully saturated rings. The third kappa shape index (κ3) is 2.96. The van der Waals surface area contributed by atoms with E-state index in [1.54, 1.807) is 12.1 Å². The Morgan fingerprint density at radius 2 is 1.88 bits per heavy atom. The van der Waals surface area contributed by atoms with Crippen molar-refractivity contribution in [2.45, 2.75) is 32.8 Å². The molecule has 0 bridgehead atoms. The van der Waals surface area contributed by atoms with E-state index in [0.29, 0.717) is 12.0 Å². The van der Waals surface area contributed by atoms with Crippen molar-refractivity contribution >= 4 is 11.8 Å². The van der Waals surface area contributed by atoms with Gasteiger partial charge in [0.05, 0.1) is 0 Å². The number of benzene rings is 2. The van der Waals surface area contributed by atoms with Crippen molar-refractivity contribution in [1.82, 2.24) is 0 Å². The number of carbonyl (C=O) groups is 1. The van der Waals surface area contributed by atoms with E-state index in [1.807, 2.05) is 45.0 Å². The van der Waals surface area contributed by atoms with Crippen molar-refractivity contribution in [3.8, 4) is 0 Å². The van der Waals surface area contributed by atoms with Crippen molar-refractivity contribution in [1.29, 1.82) is 0 Å². The predicted molar refractivity (Wildman–Crippen MR) is 91.5 cm³/mol. The summed E-state index contributed by atoms with van der Waals surface area (Å²) in [6.45, 7) is 5.90. The van der Waals surface area contributed by atoms with Crippen LogP contribution >= 0.6 is 0 Å². The molecule has 1 atom stereocenters. The number of ether oxygens (including phenoxy) is 1. The fourth-order valence-electron chi connectivity index (χ4n) is 2.86. The minimum atomic E-state index is -1.04. The lowest BCUT2D eigenvalue weighted by molar-refractivity contribution is -0.134. The SMILES string of the molecule is Cc1ccc(C[C@]2(C(C)C)OC(c3cccc(F)c3)=NC2=O)cc1. The second-order valence-electron chi connectivity index (χ2n) is 6.54. The summed E-state index contributed by atoms with van der Waals surface area (Å²) in [5, 5.41) is 0. The van der Waals surface area contributed by atoms with Crippen LogP contribution in [0.2, 0.25) is 0 Å². The Bertz CT molecular complexity index is 796. The number of nitrogens with zero attached hydrogens (tertiary/aromatic N) is 1. The molecule has 124 valence electrons. The summed E-state index contributed by atoms with van der Waals surface area (Å²) in [6.07, 6.45) is 0.437. The van der Waals surface area contributed by atoms with Crippen LogP contribution in [0.4, 0.5) is 4.39 Å². The van der Waals surface area contributed by atoms with Gasteiger partial charge in [0.15, 0.2) is 5.60 Å². The van der Waals surface area contributed by atoms with Gasteiger partial charge < -0.3 is 4.74 Å². The van der Waals surface area contributed by atoms with Crippen LogP contribution in [0.1, 0.15) is 30.5 Å². The van der Waals surface area contributed by atoms with Crippen molar-refractivity contribution in [2.24, 2.45) is 10.9 Å². The molecule has 0 saturated heterocycles. The quantitative estimate of drug-likeness (QED) is 0.850. The molecule has 3 nitrogen and oxygen atoms in total. The maximum Gasteiger partial charge on any atom is 0.293 e. The zero-order valence-electron chi connectivity index (χ0n) is 14.0. The van der Waals surface area contributed by atoms with E-state index in [1.165, 1.54) is 12.1 Å². The van der Waals surface area contributed by atoms with E-state index < -0.39 is 5.60 Å². The Balaban J connectivity index is 1.92. The summed E-state index contributed by atoms with van der Waals surface area (Å²) in [5.41, 5.74) is 1.61. The zero-order valence-corrected chi connectivity index (χ0v) is 14.0. The molecule has 0 saturated carbocycles. The number of halogens is 1. The molecule has 3 rings (SSSR count). The van der Waals surface area contributed by atoms with Crippen LogP contribution in [0.25, 0.3) is 0 Å². The van der Waals surface area contributed by atoms with Crippen molar-refractivity contribution in [2.75, 3.05) is 0 Å². The maximum atomic E-state index is 13.5. The molecular formula is C20H20FNO2. The molecule has 0 aliphatic carbocycles. The lowest BCUT2D eigenvalue weighted by atomic mass is 9.83. The Morgan fingerprint density at radius 3 is 2.50 bits per heavy atom. The highest BCUT2D eigenvalue weighted by molar-refractivity contribution is 6.09. The molecule has 0 spiro atoms. The summed E-state index contributed by atoms with van der Waals surface area (Å²) in [6, 6.07) is 14.0. The summed E-state index contributed by atoms with van der Waals surface area (Å²) in [4.78, 5) is 16.7. The van der Waals surface area contributed by atoms with Crippen LogP contribution in [0, 0.1) is 18.7 Å². The van der Waals surface area contributed by atoms with Gasteiger partial charge in [0.25, 0.3) is 5.91 Å². The Morgan fingerprint density at radius 1 is 1.17 bits per heavy atom. The number of rotatable bonds is 4. The molecule has 2 aromatic carbocycles. The number of aryl methyl sites for hydroxylation is 1. The molecular weight excluding hydrogens is 305 g/mol. The minimum Gasteiger partial charge on any atom is -0.460 e. The van der Waals surface area contributed by atoms with Crippen molar-refractivity contribution in [3.63, 3.8) is 0 Å². The van der Waals surface area contributed by atoms with Gasteiger partial charge in [0.1, 0.15) is 5.82 Å². The van der Waals surface area contributed by atoms with Crippen LogP contribution < -0.4 is 0 Å². The first-order chi connectivity index (χ1) is 11.4. The molecule has 1 heterocycles. The summed E-state index contributed by atoms with van der Waals surface area (Å²) in [5.74, 6) is -0.564. The minimum absolute atomic E-state index is 0.0684. The highest BCUT2D eigenvalue weighted by Crippen LogP contribution is 2.34. The maximum absolute atomic E-state index is 13.5. The smallest absolute Gasteiger partial charge is 0.293 e. The molecule has 4 heteroatoms. The van der Waals surface area contributed by atoms with Gasteiger partial charge in [-0.15, -0.1) is 0 Å². The van der Waals surface area contributed by atoms with E-state index in [4.69, 9.17) is 4.74 Å². The van der Waals surface area contributed by atoms with Gasteiger partial charge >= 0.3 is 0 Å². The molecule has 2 aromatic rings. The molecule has 0 unspecified atom stereocenters. The van der Waals surface area contributed by atoms with Gasteiger partial charge in [0.2, 0.25) is 5.90 Å². The van der Waals surface area contributed by atoms with Crippen LogP contribution in [-0.4, -0.2) is 17.4 Å². The largest absolute Gasteiger partial charge is 0.460 e. The fraction of sp³-hybridized carbons (Fsp3) is 0.300. The molecule has 0 N–H and O–H groups in total. The highest BCUT2D eigenvalue weighted by atomic mass is 19.1. The third-order valence-corrected chi connectivity index (χ3v) is 4.44. The lowest BCUT2D eigenvalue weighted by Crippen LogP contribution is -2.45. The molecule has 1 aliphatic heterocycles. The number of amides is 1. The number of hydrogen-bond acceptors (Lipinski definition) is 2. The Labute approximate surface area is 141 Å². The molecule has 1 amide bonds. The van der Waals surface area contributed by atoms with E-state index in [2.05, 4.69) is 4.99 Å². The number of aliphatic imine (C=N–C) groups is 1. The van der Waals surface area contributed by atoms with Gasteiger partial charge in [-0.25, -0.2) is 4.39 Å². The van der Waals surface area contributed by atoms with Gasteiger partial charge in [-0.05, 0) is 30.7 Å². The molecule has 0 radical (unpaired) electrons. The normalized spacial score (nSPS) is 20.2. The Kier molecular flexibility index (Phi) is 4.22. The first-order valence-electron chi connectivity index (χ1n) is 8.04. The van der Waals surface area contributed by atoms with E-state index in [9.17, 15) is 9.18 Å². The van der Waals surface area contributed by atoms with E-state index >= 15 is 0 Å². The highest BCUT2D eigenvalue weighted by Gasteiger charge is 2.49.